The summed E-state index contributed by atoms with van der Waals surface area (Å²) in [6, 6.07) is 0. The Balaban J connectivity index is 1.80. The summed E-state index contributed by atoms with van der Waals surface area (Å²) in [7, 11) is 1.44. The smallest absolute Gasteiger partial charge is 0.340 e. The fraction of sp³-hybridized carbons (Fsp3) is 0.944. The molecule has 1 atom stereocenters. The molecule has 124 valence electrons. The van der Waals surface area contributed by atoms with Gasteiger partial charge in [-0.05, 0) is 12.8 Å². The van der Waals surface area contributed by atoms with E-state index in [0.717, 1.165) is 12.8 Å². The zero-order chi connectivity index (χ0) is 15.4. The van der Waals surface area contributed by atoms with Crippen LogP contribution in [-0.4, -0.2) is 25.3 Å². The van der Waals surface area contributed by atoms with Crippen LogP contribution >= 0.6 is 0 Å². The van der Waals surface area contributed by atoms with Crippen LogP contribution < -0.4 is 0 Å². The molecule has 3 heteroatoms. The lowest BCUT2D eigenvalue weighted by Crippen LogP contribution is -2.25. The van der Waals surface area contributed by atoms with Crippen LogP contribution in [0.5, 0.6) is 0 Å². The van der Waals surface area contributed by atoms with E-state index in [4.69, 9.17) is 9.47 Å². The topological polar surface area (TPSA) is 38.8 Å². The Kier molecular flexibility index (Phi) is 9.73. The first-order valence-corrected chi connectivity index (χ1v) is 8.97. The molecule has 0 aromatic heterocycles. The molecule has 1 aliphatic heterocycles. The monoisotopic (exact) mass is 298 g/mol. The van der Waals surface area contributed by atoms with Gasteiger partial charge in [-0.3, -0.25) is 0 Å². The van der Waals surface area contributed by atoms with E-state index < -0.39 is 5.60 Å². The van der Waals surface area contributed by atoms with Gasteiger partial charge in [-0.15, -0.1) is 0 Å². The van der Waals surface area contributed by atoms with Crippen molar-refractivity contribution in [2.45, 2.75) is 96.0 Å². The van der Waals surface area contributed by atoms with Crippen LogP contribution in [0.3, 0.4) is 0 Å². The fourth-order valence-corrected chi connectivity index (χ4v) is 2.89. The predicted octanol–water partition coefficient (Wildman–Crippen LogP) is 5.02. The van der Waals surface area contributed by atoms with Crippen molar-refractivity contribution in [2.75, 3.05) is 13.7 Å². The van der Waals surface area contributed by atoms with Crippen molar-refractivity contribution < 1.29 is 14.3 Å². The quantitative estimate of drug-likeness (QED) is 0.257. The number of esters is 1. The third-order valence-electron chi connectivity index (χ3n) is 4.48. The predicted molar refractivity (Wildman–Crippen MR) is 86.4 cm³/mol. The van der Waals surface area contributed by atoms with E-state index in [1.54, 1.807) is 0 Å². The van der Waals surface area contributed by atoms with Gasteiger partial charge in [0.15, 0.2) is 5.60 Å². The van der Waals surface area contributed by atoms with Gasteiger partial charge in [-0.25, -0.2) is 4.79 Å². The maximum atomic E-state index is 11.5. The van der Waals surface area contributed by atoms with Crippen molar-refractivity contribution in [3.8, 4) is 0 Å². The maximum absolute atomic E-state index is 11.5. The minimum Gasteiger partial charge on any atom is -0.467 e. The van der Waals surface area contributed by atoms with E-state index in [9.17, 15) is 4.79 Å². The molecule has 1 saturated heterocycles. The summed E-state index contributed by atoms with van der Waals surface area (Å²) in [5, 5.41) is 0. The molecule has 0 aromatic carbocycles. The largest absolute Gasteiger partial charge is 0.467 e. The van der Waals surface area contributed by atoms with Gasteiger partial charge in [0.05, 0.1) is 13.7 Å². The number of unbranched alkanes of at least 4 members (excludes halogenated alkanes) is 11. The Morgan fingerprint density at radius 1 is 0.905 bits per heavy atom. The van der Waals surface area contributed by atoms with Crippen molar-refractivity contribution in [3.05, 3.63) is 0 Å². The van der Waals surface area contributed by atoms with E-state index in [0.29, 0.717) is 6.61 Å². The molecule has 0 amide bonds. The van der Waals surface area contributed by atoms with Crippen LogP contribution in [0, 0.1) is 0 Å². The molecule has 3 nitrogen and oxygen atoms in total. The number of ether oxygens (including phenoxy) is 2. The van der Waals surface area contributed by atoms with Crippen LogP contribution in [-0.2, 0) is 14.3 Å². The second kappa shape index (κ2) is 11.1. The molecule has 21 heavy (non-hydrogen) atoms. The lowest BCUT2D eigenvalue weighted by atomic mass is 10.0. The number of methoxy groups -OCH3 is 1. The summed E-state index contributed by atoms with van der Waals surface area (Å²) in [6.07, 6.45) is 16.9. The van der Waals surface area contributed by atoms with Gasteiger partial charge >= 0.3 is 5.97 Å². The van der Waals surface area contributed by atoms with E-state index in [1.165, 1.54) is 77.7 Å². The Labute approximate surface area is 130 Å². The highest BCUT2D eigenvalue weighted by molar-refractivity contribution is 5.82. The zero-order valence-corrected chi connectivity index (χ0v) is 14.1. The van der Waals surface area contributed by atoms with E-state index in [1.807, 2.05) is 0 Å². The number of rotatable bonds is 14. The summed E-state index contributed by atoms with van der Waals surface area (Å²) in [5.41, 5.74) is -0.562. The lowest BCUT2D eigenvalue weighted by molar-refractivity contribution is -0.147. The minimum absolute atomic E-state index is 0.189. The van der Waals surface area contributed by atoms with Gasteiger partial charge in [0.1, 0.15) is 0 Å². The van der Waals surface area contributed by atoms with Gasteiger partial charge in [0.2, 0.25) is 0 Å². The number of hydrogen-bond donors (Lipinski definition) is 0. The van der Waals surface area contributed by atoms with Crippen LogP contribution in [0.15, 0.2) is 0 Å². The normalized spacial score (nSPS) is 20.5. The summed E-state index contributed by atoms with van der Waals surface area (Å²) < 4.78 is 10.0. The molecule has 0 saturated carbocycles. The molecule has 1 fully saturated rings. The second-order valence-corrected chi connectivity index (χ2v) is 6.41. The average molecular weight is 298 g/mol. The molecule has 0 spiro atoms. The molecule has 0 unspecified atom stereocenters. The van der Waals surface area contributed by atoms with Gasteiger partial charge in [-0.1, -0.05) is 77.6 Å². The summed E-state index contributed by atoms with van der Waals surface area (Å²) in [4.78, 5) is 11.5. The number of carbonyl (C=O) groups is 1. The van der Waals surface area contributed by atoms with Crippen molar-refractivity contribution >= 4 is 5.97 Å². The fourth-order valence-electron chi connectivity index (χ4n) is 2.89. The highest BCUT2D eigenvalue weighted by Gasteiger charge is 2.52. The van der Waals surface area contributed by atoms with Crippen molar-refractivity contribution in [1.82, 2.24) is 0 Å². The van der Waals surface area contributed by atoms with E-state index in [2.05, 4.69) is 6.92 Å². The molecule has 1 rings (SSSR count). The first kappa shape index (κ1) is 18.5. The molecule has 0 radical (unpaired) electrons. The number of carbonyl (C=O) groups excluding carboxylic acids is 1. The summed E-state index contributed by atoms with van der Waals surface area (Å²) in [6.45, 7) is 2.82. The lowest BCUT2D eigenvalue weighted by Gasteiger charge is -2.08. The Bertz CT molecular complexity index is 272. The van der Waals surface area contributed by atoms with Gasteiger partial charge in [0, 0.05) is 0 Å². The first-order valence-electron chi connectivity index (χ1n) is 8.97. The van der Waals surface area contributed by atoms with Crippen molar-refractivity contribution in [2.24, 2.45) is 0 Å². The maximum Gasteiger partial charge on any atom is 0.340 e. The molecule has 1 heterocycles. The average Bonchev–Trinajstić information content (AvgIpc) is 3.28. The van der Waals surface area contributed by atoms with Crippen LogP contribution in [0.1, 0.15) is 90.4 Å². The molecular formula is C18H34O3. The number of epoxide rings is 1. The Morgan fingerprint density at radius 3 is 1.71 bits per heavy atom. The first-order chi connectivity index (χ1) is 10.2. The summed E-state index contributed by atoms with van der Waals surface area (Å²) >= 11 is 0. The molecule has 1 aliphatic rings. The minimum atomic E-state index is -0.562. The van der Waals surface area contributed by atoms with Gasteiger partial charge in [0.25, 0.3) is 0 Å². The van der Waals surface area contributed by atoms with E-state index in [-0.39, 0.29) is 5.97 Å². The third kappa shape index (κ3) is 7.85. The Hall–Kier alpha value is -0.570. The molecule has 0 aliphatic carbocycles. The van der Waals surface area contributed by atoms with Crippen molar-refractivity contribution in [1.29, 1.82) is 0 Å². The highest BCUT2D eigenvalue weighted by Crippen LogP contribution is 2.34. The molecular weight excluding hydrogens is 264 g/mol. The zero-order valence-electron chi connectivity index (χ0n) is 14.1. The van der Waals surface area contributed by atoms with Crippen LogP contribution in [0.4, 0.5) is 0 Å². The Morgan fingerprint density at radius 2 is 1.33 bits per heavy atom. The number of hydrogen-bond acceptors (Lipinski definition) is 3. The molecule has 0 aromatic rings. The van der Waals surface area contributed by atoms with Gasteiger partial charge < -0.3 is 9.47 Å². The SMILES string of the molecule is CCCCCCCCCCCCCC[C@]1(C(=O)OC)CO1. The van der Waals surface area contributed by atoms with Crippen LogP contribution in [0.2, 0.25) is 0 Å². The second-order valence-electron chi connectivity index (χ2n) is 6.41. The third-order valence-corrected chi connectivity index (χ3v) is 4.48. The summed E-state index contributed by atoms with van der Waals surface area (Å²) in [5.74, 6) is -0.189. The standard InChI is InChI=1S/C18H34O3/c1-3-4-5-6-7-8-9-10-11-12-13-14-15-18(16-21-18)17(19)20-2/h3-16H2,1-2H3/t18-/m1/s1. The molecule has 0 N–H and O–H groups in total. The van der Waals surface area contributed by atoms with E-state index >= 15 is 0 Å². The molecule has 0 bridgehead atoms. The highest BCUT2D eigenvalue weighted by atomic mass is 16.6. The van der Waals surface area contributed by atoms with Crippen LogP contribution in [0.25, 0.3) is 0 Å². The van der Waals surface area contributed by atoms with Crippen molar-refractivity contribution in [3.63, 3.8) is 0 Å². The van der Waals surface area contributed by atoms with Gasteiger partial charge in [-0.2, -0.15) is 0 Å².